The smallest absolute Gasteiger partial charge is 0.323 e. The monoisotopic (exact) mass is 310 g/mol. The van der Waals surface area contributed by atoms with Gasteiger partial charge in [0.25, 0.3) is 0 Å². The fourth-order valence-electron chi connectivity index (χ4n) is 3.36. The van der Waals surface area contributed by atoms with Crippen LogP contribution in [-0.4, -0.2) is 58.4 Å². The minimum atomic E-state index is -0.989. The molecule has 1 atom stereocenters. The maximum Gasteiger partial charge on any atom is 0.323 e. The second-order valence-electron chi connectivity index (χ2n) is 6.51. The van der Waals surface area contributed by atoms with Gasteiger partial charge in [-0.15, -0.1) is 0 Å². The summed E-state index contributed by atoms with van der Waals surface area (Å²) in [4.78, 5) is 38.2. The van der Waals surface area contributed by atoms with Crippen LogP contribution in [0.1, 0.15) is 51.9 Å². The van der Waals surface area contributed by atoms with Gasteiger partial charge in [-0.2, -0.15) is 0 Å². The third kappa shape index (κ3) is 4.45. The number of carboxylic acids is 1. The summed E-state index contributed by atoms with van der Waals surface area (Å²) in [7, 11) is 0. The van der Waals surface area contributed by atoms with Crippen molar-refractivity contribution in [3.05, 3.63) is 0 Å². The number of hydrogen-bond donors (Lipinski definition) is 1. The van der Waals surface area contributed by atoms with Gasteiger partial charge in [0.1, 0.15) is 6.54 Å². The number of carbonyl (C=O) groups excluding carboxylic acids is 2. The molecule has 1 heterocycles. The zero-order valence-corrected chi connectivity index (χ0v) is 13.3. The van der Waals surface area contributed by atoms with Gasteiger partial charge in [0.15, 0.2) is 0 Å². The highest BCUT2D eigenvalue weighted by molar-refractivity contribution is 5.80. The molecular formula is C16H26N2O4. The average molecular weight is 310 g/mol. The molecule has 124 valence electrons. The number of hydrogen-bond acceptors (Lipinski definition) is 3. The second kappa shape index (κ2) is 7.61. The maximum absolute atomic E-state index is 12.3. The Labute approximate surface area is 131 Å². The van der Waals surface area contributed by atoms with Gasteiger partial charge in [-0.1, -0.05) is 6.42 Å². The number of rotatable bonds is 5. The van der Waals surface area contributed by atoms with Crippen LogP contribution in [-0.2, 0) is 14.4 Å². The van der Waals surface area contributed by atoms with E-state index in [1.165, 1.54) is 31.1 Å². The first-order valence-corrected chi connectivity index (χ1v) is 8.24. The predicted molar refractivity (Wildman–Crippen MR) is 81.2 cm³/mol. The SMILES string of the molecule is CC(=O)N(CC(=O)O)C1CCCN(C(=O)CC2CCC2)CC1. The summed E-state index contributed by atoms with van der Waals surface area (Å²) in [6, 6.07) is -0.0740. The van der Waals surface area contributed by atoms with Crippen molar-refractivity contribution in [2.75, 3.05) is 19.6 Å². The van der Waals surface area contributed by atoms with Gasteiger partial charge in [0, 0.05) is 32.5 Å². The minimum Gasteiger partial charge on any atom is -0.480 e. The number of carbonyl (C=O) groups is 3. The van der Waals surface area contributed by atoms with E-state index in [2.05, 4.69) is 0 Å². The van der Waals surface area contributed by atoms with Gasteiger partial charge in [0.2, 0.25) is 11.8 Å². The van der Waals surface area contributed by atoms with Gasteiger partial charge in [-0.05, 0) is 38.0 Å². The lowest BCUT2D eigenvalue weighted by molar-refractivity contribution is -0.145. The molecule has 2 amide bonds. The van der Waals surface area contributed by atoms with Crippen LogP contribution in [0.15, 0.2) is 0 Å². The van der Waals surface area contributed by atoms with Crippen LogP contribution in [0.2, 0.25) is 0 Å². The summed E-state index contributed by atoms with van der Waals surface area (Å²) < 4.78 is 0. The molecule has 1 aliphatic carbocycles. The quantitative estimate of drug-likeness (QED) is 0.834. The molecule has 0 bridgehead atoms. The van der Waals surface area contributed by atoms with E-state index in [4.69, 9.17) is 5.11 Å². The Morgan fingerprint density at radius 3 is 2.36 bits per heavy atom. The molecule has 2 fully saturated rings. The highest BCUT2D eigenvalue weighted by Gasteiger charge is 2.29. The van der Waals surface area contributed by atoms with Crippen molar-refractivity contribution >= 4 is 17.8 Å². The normalized spacial score (nSPS) is 22.6. The molecule has 6 nitrogen and oxygen atoms in total. The maximum atomic E-state index is 12.3. The Morgan fingerprint density at radius 2 is 1.82 bits per heavy atom. The van der Waals surface area contributed by atoms with Crippen molar-refractivity contribution in [1.82, 2.24) is 9.80 Å². The fourth-order valence-corrected chi connectivity index (χ4v) is 3.36. The van der Waals surface area contributed by atoms with E-state index in [0.717, 1.165) is 19.4 Å². The molecular weight excluding hydrogens is 284 g/mol. The molecule has 1 N–H and O–H groups in total. The topological polar surface area (TPSA) is 77.9 Å². The van der Waals surface area contributed by atoms with Crippen LogP contribution in [0.3, 0.4) is 0 Å². The average Bonchev–Trinajstić information content (AvgIpc) is 2.65. The molecule has 1 saturated heterocycles. The summed E-state index contributed by atoms with van der Waals surface area (Å²) in [6.07, 6.45) is 6.48. The van der Waals surface area contributed by atoms with E-state index in [1.807, 2.05) is 4.90 Å². The lowest BCUT2D eigenvalue weighted by Gasteiger charge is -2.30. The minimum absolute atomic E-state index is 0.0740. The van der Waals surface area contributed by atoms with Gasteiger partial charge >= 0.3 is 5.97 Å². The van der Waals surface area contributed by atoms with Crippen molar-refractivity contribution in [2.24, 2.45) is 5.92 Å². The van der Waals surface area contributed by atoms with Crippen molar-refractivity contribution in [2.45, 2.75) is 57.9 Å². The zero-order chi connectivity index (χ0) is 16.1. The van der Waals surface area contributed by atoms with Gasteiger partial charge < -0.3 is 14.9 Å². The fraction of sp³-hybridized carbons (Fsp3) is 0.812. The molecule has 2 aliphatic rings. The van der Waals surface area contributed by atoms with E-state index >= 15 is 0 Å². The van der Waals surface area contributed by atoms with Crippen LogP contribution in [0, 0.1) is 5.92 Å². The summed E-state index contributed by atoms with van der Waals surface area (Å²) in [5.41, 5.74) is 0. The summed E-state index contributed by atoms with van der Waals surface area (Å²) in [5, 5.41) is 8.95. The first kappa shape index (κ1) is 16.8. The molecule has 6 heteroatoms. The molecule has 1 saturated carbocycles. The van der Waals surface area contributed by atoms with E-state index < -0.39 is 5.97 Å². The summed E-state index contributed by atoms with van der Waals surface area (Å²) >= 11 is 0. The van der Waals surface area contributed by atoms with E-state index in [-0.39, 0.29) is 24.4 Å². The molecule has 0 aromatic carbocycles. The van der Waals surface area contributed by atoms with E-state index in [9.17, 15) is 14.4 Å². The van der Waals surface area contributed by atoms with Crippen LogP contribution in [0.5, 0.6) is 0 Å². The third-order valence-electron chi connectivity index (χ3n) is 4.89. The first-order valence-electron chi connectivity index (χ1n) is 8.24. The van der Waals surface area contributed by atoms with Crippen molar-refractivity contribution in [3.63, 3.8) is 0 Å². The largest absolute Gasteiger partial charge is 0.480 e. The van der Waals surface area contributed by atoms with Crippen molar-refractivity contribution in [3.8, 4) is 0 Å². The Hall–Kier alpha value is -1.59. The number of likely N-dealkylation sites (tertiary alicyclic amines) is 1. The van der Waals surface area contributed by atoms with Crippen molar-refractivity contribution in [1.29, 1.82) is 0 Å². The van der Waals surface area contributed by atoms with Gasteiger partial charge in [-0.3, -0.25) is 14.4 Å². The number of nitrogens with zero attached hydrogens (tertiary/aromatic N) is 2. The third-order valence-corrected chi connectivity index (χ3v) is 4.89. The molecule has 0 radical (unpaired) electrons. The highest BCUT2D eigenvalue weighted by atomic mass is 16.4. The zero-order valence-electron chi connectivity index (χ0n) is 13.3. The lowest BCUT2D eigenvalue weighted by Crippen LogP contribution is -2.43. The van der Waals surface area contributed by atoms with Crippen LogP contribution in [0.4, 0.5) is 0 Å². The molecule has 1 aliphatic heterocycles. The molecule has 22 heavy (non-hydrogen) atoms. The Balaban J connectivity index is 1.88. The molecule has 0 aromatic rings. The van der Waals surface area contributed by atoms with Gasteiger partial charge in [-0.25, -0.2) is 0 Å². The summed E-state index contributed by atoms with van der Waals surface area (Å²) in [6.45, 7) is 2.50. The summed E-state index contributed by atoms with van der Waals surface area (Å²) in [5.74, 6) is -0.413. The molecule has 1 unspecified atom stereocenters. The molecule has 0 spiro atoms. The predicted octanol–water partition coefficient (Wildman–Crippen LogP) is 1.49. The van der Waals surface area contributed by atoms with Crippen LogP contribution >= 0.6 is 0 Å². The Bertz CT molecular complexity index is 434. The number of amides is 2. The van der Waals surface area contributed by atoms with E-state index in [0.29, 0.717) is 25.3 Å². The first-order chi connectivity index (χ1) is 10.5. The standard InChI is InChI=1S/C16H26N2O4/c1-12(19)18(11-16(21)22)14-6-3-8-17(9-7-14)15(20)10-13-4-2-5-13/h13-14H,2-11H2,1H3,(H,21,22). The van der Waals surface area contributed by atoms with Crippen molar-refractivity contribution < 1.29 is 19.5 Å². The van der Waals surface area contributed by atoms with Crippen LogP contribution in [0.25, 0.3) is 0 Å². The Kier molecular flexibility index (Phi) is 5.80. The molecule has 2 rings (SSSR count). The Morgan fingerprint density at radius 1 is 1.09 bits per heavy atom. The van der Waals surface area contributed by atoms with Gasteiger partial charge in [0.05, 0.1) is 0 Å². The highest BCUT2D eigenvalue weighted by Crippen LogP contribution is 2.30. The van der Waals surface area contributed by atoms with Crippen LogP contribution < -0.4 is 0 Å². The number of carboxylic acid groups (broad SMARTS) is 1. The molecule has 0 aromatic heterocycles. The lowest BCUT2D eigenvalue weighted by atomic mass is 9.82. The second-order valence-corrected chi connectivity index (χ2v) is 6.51. The van der Waals surface area contributed by atoms with E-state index in [1.54, 1.807) is 0 Å². The number of aliphatic carboxylic acids is 1.